The molecule has 8 amide bonds. The summed E-state index contributed by atoms with van der Waals surface area (Å²) in [5.41, 5.74) is 39.9. The summed E-state index contributed by atoms with van der Waals surface area (Å²) in [7, 11) is 0. The van der Waals surface area contributed by atoms with Gasteiger partial charge in [-0.2, -0.15) is 0 Å². The summed E-state index contributed by atoms with van der Waals surface area (Å²) in [4.78, 5) is 145. The molecule has 8 rings (SSSR count). The molecule has 0 spiro atoms. The van der Waals surface area contributed by atoms with E-state index in [9.17, 15) is 24.3 Å². The Bertz CT molecular complexity index is 4410. The number of carbonyl (C=O) groups is 9. The number of fused-ring (bicyclic) bond motifs is 4. The number of aliphatic carboxylic acids is 1. The predicted molar refractivity (Wildman–Crippen MR) is 412 cm³/mol. The molecular weight excluding hydrogens is 1380 g/mol. The van der Waals surface area contributed by atoms with Gasteiger partial charge in [0.05, 0.1) is 6.04 Å². The first-order valence-electron chi connectivity index (χ1n) is 36.3. The van der Waals surface area contributed by atoms with Gasteiger partial charge in [-0.05, 0) is 130 Å². The van der Waals surface area contributed by atoms with Crippen LogP contribution < -0.4 is 92.9 Å². The molecule has 0 aliphatic heterocycles. The zero-order valence-corrected chi connectivity index (χ0v) is 60.2. The first kappa shape index (κ1) is 81.6. The maximum atomic E-state index is 15.5. The highest BCUT2D eigenvalue weighted by Crippen LogP contribution is 2.25. The van der Waals surface area contributed by atoms with Crippen molar-refractivity contribution in [2.24, 2.45) is 34.4 Å². The molecule has 4 aromatic heterocycles. The average molecular weight is 1490 g/mol. The third-order valence-electron chi connectivity index (χ3n) is 18.6. The predicted octanol–water partition coefficient (Wildman–Crippen LogP) is 0.221. The summed E-state index contributed by atoms with van der Waals surface area (Å²) >= 11 is 0. The molecule has 31 N–H and O–H groups in total. The van der Waals surface area contributed by atoms with Crippen LogP contribution in [-0.4, -0.2) is 183 Å². The number of para-hydroxylation sites is 4. The van der Waals surface area contributed by atoms with Crippen LogP contribution in [0.15, 0.2) is 122 Å². The molecule has 0 fully saturated rings. The Morgan fingerprint density at radius 1 is 0.333 bits per heavy atom. The Labute approximate surface area is 623 Å². The van der Waals surface area contributed by atoms with Crippen LogP contribution in [0.2, 0.25) is 0 Å². The van der Waals surface area contributed by atoms with Crippen molar-refractivity contribution >= 4 is 115 Å². The number of carbonyl (C=O) groups excluding carboxylic acids is 8. The van der Waals surface area contributed by atoms with Crippen molar-refractivity contribution in [3.63, 3.8) is 0 Å². The number of benzene rings is 4. The number of rotatable bonds is 45. The molecule has 34 nitrogen and oxygen atoms in total. The molecule has 9 atom stereocenters. The van der Waals surface area contributed by atoms with E-state index in [0.29, 0.717) is 69.9 Å². The fraction of sp³-hybridized carbons (Fsp3) is 0.405. The molecular formula is C74H102N24O10. The normalized spacial score (nSPS) is 13.8. The molecule has 0 radical (unpaired) electrons. The SMILES string of the molecule is N=C(N)NCCC[C@H](NC(=O)[C@H](Cc1c[nH]c2ccccc12)NC(=O)[C@H](Cc1c[nH]c2ccccc12)NC(=O)[C@H](CCCCN)NC(=O)[C@H](CCCNC(=N)N)NC(=O)[C@H](Cc1c[nH]c2ccccc12)NC(=O)[C@H](Cc1c[nH]c2ccccc12)NC(=O)[C@H](CCCNC(=N)N)NC(=O)[C@@H](N)CCCCN)C(=O)O. The standard InChI is InChI=1S/C74H102N24O10/c75-29-11-9-20-50(77)63(99)91-56(26-13-31-84-72(78)79)66(102)96-62(37-45-41-90-54-24-8-4-19-49(45)54)69(105)97-59(34-42-38-87-51-21-5-1-16-46(42)51)67(103)93-57(27-14-32-85-73(80)81)64(100)92-55(25-10-12-30-76)65(101)95-61(36-44-40-89-53-23-7-3-18-48(44)53)70(106)98-60(35-43-39-88-52-22-6-2-17-47(43)52)68(104)94-58(71(107)108)28-15-33-86-74(82)83/h1-8,16-19,21-24,38-41,50,55-62,87-90H,9-15,20,25-37,75-77H2,(H,91,99)(H,92,100)(H,93,103)(H,94,104)(H,95,101)(H,96,102)(H,97,105)(H,98,106)(H,107,108)(H4,78,79,84)(H4,80,81,85)(H4,82,83,86)/t50-,55-,56-,57-,58-,59-,60-,61-,62-/m0/s1. The van der Waals surface area contributed by atoms with E-state index < -0.39 is 108 Å². The third-order valence-corrected chi connectivity index (χ3v) is 18.6. The fourth-order valence-corrected chi connectivity index (χ4v) is 12.9. The highest BCUT2D eigenvalue weighted by Gasteiger charge is 2.37. The largest absolute Gasteiger partial charge is 0.480 e. The van der Waals surface area contributed by atoms with Gasteiger partial charge in [0.2, 0.25) is 47.3 Å². The molecule has 0 aliphatic rings. The van der Waals surface area contributed by atoms with E-state index in [1.165, 1.54) is 0 Å². The van der Waals surface area contributed by atoms with Crippen LogP contribution in [0, 0.1) is 16.2 Å². The lowest BCUT2D eigenvalue weighted by molar-refractivity contribution is -0.142. The van der Waals surface area contributed by atoms with E-state index in [0.717, 1.165) is 21.8 Å². The number of unbranched alkanes of at least 4 members (excludes halogenated alkanes) is 2. The number of nitrogens with two attached hydrogens (primary N) is 6. The minimum atomic E-state index is -1.51. The molecule has 0 bridgehead atoms. The number of amides is 8. The van der Waals surface area contributed by atoms with Gasteiger partial charge in [-0.1, -0.05) is 79.2 Å². The molecule has 0 unspecified atom stereocenters. The van der Waals surface area contributed by atoms with Crippen LogP contribution in [0.3, 0.4) is 0 Å². The number of aromatic nitrogens is 4. The van der Waals surface area contributed by atoms with Crippen molar-refractivity contribution < 1.29 is 48.3 Å². The van der Waals surface area contributed by atoms with Crippen LogP contribution in [0.1, 0.15) is 99.3 Å². The Balaban J connectivity index is 1.11. The van der Waals surface area contributed by atoms with E-state index >= 15 is 24.0 Å². The first-order chi connectivity index (χ1) is 52.0. The van der Waals surface area contributed by atoms with Gasteiger partial charge < -0.3 is 118 Å². The first-order valence-corrected chi connectivity index (χ1v) is 36.3. The quantitative estimate of drug-likeness (QED) is 0.0138. The van der Waals surface area contributed by atoms with Gasteiger partial charge in [-0.15, -0.1) is 0 Å². The minimum absolute atomic E-state index is 0.0129. The van der Waals surface area contributed by atoms with Crippen LogP contribution in [0.5, 0.6) is 0 Å². The van der Waals surface area contributed by atoms with Crippen LogP contribution in [0.25, 0.3) is 43.6 Å². The number of H-pyrrole nitrogens is 4. The number of carboxylic acid groups (broad SMARTS) is 1. The Morgan fingerprint density at radius 2 is 0.574 bits per heavy atom. The van der Waals surface area contributed by atoms with Crippen molar-refractivity contribution in [3.05, 3.63) is 144 Å². The maximum Gasteiger partial charge on any atom is 0.326 e. The number of hydrogen-bond donors (Lipinski definition) is 25. The van der Waals surface area contributed by atoms with E-state index in [2.05, 4.69) is 78.4 Å². The fourth-order valence-electron chi connectivity index (χ4n) is 12.9. The topological polar surface area (TPSA) is 597 Å². The number of nitrogens with one attached hydrogen (secondary N) is 18. The summed E-state index contributed by atoms with van der Waals surface area (Å²) in [5.74, 6) is -8.89. The molecule has 4 heterocycles. The van der Waals surface area contributed by atoms with Crippen molar-refractivity contribution in [1.29, 1.82) is 16.2 Å². The molecule has 0 saturated carbocycles. The van der Waals surface area contributed by atoms with E-state index in [4.69, 9.17) is 50.6 Å². The highest BCUT2D eigenvalue weighted by atomic mass is 16.4. The molecule has 0 saturated heterocycles. The average Bonchev–Trinajstić information content (AvgIpc) is 1.65. The lowest BCUT2D eigenvalue weighted by Gasteiger charge is -2.28. The third kappa shape index (κ3) is 24.3. The van der Waals surface area contributed by atoms with Gasteiger partial charge in [0, 0.05) is 114 Å². The van der Waals surface area contributed by atoms with Gasteiger partial charge in [-0.25, -0.2) is 4.79 Å². The van der Waals surface area contributed by atoms with E-state index in [1.807, 2.05) is 78.9 Å². The van der Waals surface area contributed by atoms with Crippen LogP contribution in [-0.2, 0) is 68.8 Å². The number of aromatic amines is 4. The van der Waals surface area contributed by atoms with Gasteiger partial charge in [0.15, 0.2) is 17.9 Å². The minimum Gasteiger partial charge on any atom is -0.480 e. The molecule has 8 aromatic rings. The molecule has 578 valence electrons. The Morgan fingerprint density at radius 3 is 0.861 bits per heavy atom. The van der Waals surface area contributed by atoms with Gasteiger partial charge in [0.1, 0.15) is 48.3 Å². The van der Waals surface area contributed by atoms with Crippen molar-refractivity contribution in [2.45, 2.75) is 157 Å². The molecule has 108 heavy (non-hydrogen) atoms. The van der Waals surface area contributed by atoms with Gasteiger partial charge in [0.25, 0.3) is 0 Å². The molecule has 4 aromatic carbocycles. The molecule has 0 aliphatic carbocycles. The number of guanidine groups is 3. The lowest BCUT2D eigenvalue weighted by Crippen LogP contribution is -2.61. The monoisotopic (exact) mass is 1490 g/mol. The van der Waals surface area contributed by atoms with Crippen LogP contribution >= 0.6 is 0 Å². The number of hydrogen-bond acceptors (Lipinski definition) is 15. The van der Waals surface area contributed by atoms with Crippen molar-refractivity contribution in [2.75, 3.05) is 32.7 Å². The Hall–Kier alpha value is -12.0. The van der Waals surface area contributed by atoms with Crippen molar-refractivity contribution in [3.8, 4) is 0 Å². The summed E-state index contributed by atoms with van der Waals surface area (Å²) in [6.07, 6.45) is 8.44. The summed E-state index contributed by atoms with van der Waals surface area (Å²) < 4.78 is 0. The number of carboxylic acids is 1. The van der Waals surface area contributed by atoms with Gasteiger partial charge >= 0.3 is 5.97 Å². The van der Waals surface area contributed by atoms with E-state index in [1.54, 1.807) is 43.0 Å². The second-order valence-electron chi connectivity index (χ2n) is 26.7. The summed E-state index contributed by atoms with van der Waals surface area (Å²) in [6.45, 7) is 0.929. The highest BCUT2D eigenvalue weighted by molar-refractivity contribution is 6.00. The van der Waals surface area contributed by atoms with E-state index in [-0.39, 0.29) is 128 Å². The van der Waals surface area contributed by atoms with Crippen molar-refractivity contribution in [1.82, 2.24) is 78.4 Å². The Kier molecular flexibility index (Phi) is 31.0. The summed E-state index contributed by atoms with van der Waals surface area (Å²) in [5, 5.41) is 66.7. The maximum absolute atomic E-state index is 15.5. The zero-order valence-electron chi connectivity index (χ0n) is 60.2. The second-order valence-corrected chi connectivity index (χ2v) is 26.7. The zero-order chi connectivity index (χ0) is 77.7. The smallest absolute Gasteiger partial charge is 0.326 e. The van der Waals surface area contributed by atoms with Gasteiger partial charge in [-0.3, -0.25) is 54.6 Å². The second kappa shape index (κ2) is 41.0. The van der Waals surface area contributed by atoms with Crippen LogP contribution in [0.4, 0.5) is 0 Å². The summed E-state index contributed by atoms with van der Waals surface area (Å²) in [6, 6.07) is 16.6. The lowest BCUT2D eigenvalue weighted by atomic mass is 10.00. The molecule has 34 heteroatoms.